The van der Waals surface area contributed by atoms with Crippen LogP contribution < -0.4 is 5.32 Å². The molecule has 0 aromatic carbocycles. The zero-order valence-corrected chi connectivity index (χ0v) is 13.4. The van der Waals surface area contributed by atoms with Gasteiger partial charge in [0.1, 0.15) is 0 Å². The van der Waals surface area contributed by atoms with Gasteiger partial charge in [-0.25, -0.2) is 0 Å². The van der Waals surface area contributed by atoms with Crippen molar-refractivity contribution in [3.05, 3.63) is 22.4 Å². The maximum atomic E-state index is 12.4. The summed E-state index contributed by atoms with van der Waals surface area (Å²) >= 11 is 6.96. The normalized spacial score (nSPS) is 27.0. The Hall–Kier alpha value is -1.44. The van der Waals surface area contributed by atoms with Crippen LogP contribution in [0.1, 0.15) is 22.5 Å². The minimum atomic E-state index is -0.0272. The number of nitrogens with one attached hydrogen (secondary N) is 1. The SMILES string of the molecule is O=C(NC1CN2CCC1CC2)c1ccc(-c2nnc(Cl)o2)s1. The van der Waals surface area contributed by atoms with Crippen molar-refractivity contribution in [3.8, 4) is 10.8 Å². The van der Waals surface area contributed by atoms with E-state index in [1.807, 2.05) is 0 Å². The first kappa shape index (κ1) is 14.2. The summed E-state index contributed by atoms with van der Waals surface area (Å²) in [6, 6.07) is 3.85. The van der Waals surface area contributed by atoms with E-state index >= 15 is 0 Å². The number of hydrogen-bond acceptors (Lipinski definition) is 6. The average Bonchev–Trinajstić information content (AvgIpc) is 3.17. The monoisotopic (exact) mass is 338 g/mol. The van der Waals surface area contributed by atoms with E-state index in [0.717, 1.165) is 24.5 Å². The summed E-state index contributed by atoms with van der Waals surface area (Å²) in [6.45, 7) is 3.30. The molecule has 2 bridgehead atoms. The second-order valence-corrected chi connectivity index (χ2v) is 7.15. The highest BCUT2D eigenvalue weighted by Gasteiger charge is 2.35. The third-order valence-corrected chi connectivity index (χ3v) is 5.64. The number of amides is 1. The Morgan fingerprint density at radius 1 is 1.36 bits per heavy atom. The number of fused-ring (bicyclic) bond motifs is 3. The van der Waals surface area contributed by atoms with E-state index in [1.165, 1.54) is 24.2 Å². The Morgan fingerprint density at radius 3 is 2.82 bits per heavy atom. The second kappa shape index (κ2) is 5.64. The number of piperidine rings is 3. The zero-order valence-electron chi connectivity index (χ0n) is 11.8. The van der Waals surface area contributed by atoms with Gasteiger partial charge in [-0.3, -0.25) is 4.79 Å². The van der Waals surface area contributed by atoms with Gasteiger partial charge in [0.2, 0.25) is 0 Å². The highest BCUT2D eigenvalue weighted by molar-refractivity contribution is 7.17. The van der Waals surface area contributed by atoms with Gasteiger partial charge >= 0.3 is 5.35 Å². The molecule has 2 aromatic rings. The molecule has 1 amide bonds. The number of hydrogen-bond donors (Lipinski definition) is 1. The van der Waals surface area contributed by atoms with E-state index in [9.17, 15) is 4.79 Å². The molecule has 1 N–H and O–H groups in total. The Morgan fingerprint density at radius 2 is 2.18 bits per heavy atom. The Labute approximate surface area is 136 Å². The fourth-order valence-corrected chi connectivity index (χ4v) is 4.19. The fraction of sp³-hybridized carbons (Fsp3) is 0.500. The van der Waals surface area contributed by atoms with Crippen LogP contribution >= 0.6 is 22.9 Å². The summed E-state index contributed by atoms with van der Waals surface area (Å²) in [5, 5.41) is 10.6. The molecule has 1 unspecified atom stereocenters. The lowest BCUT2D eigenvalue weighted by Gasteiger charge is -2.44. The lowest BCUT2D eigenvalue weighted by molar-refractivity contribution is 0.0622. The summed E-state index contributed by atoms with van der Waals surface area (Å²) in [4.78, 5) is 16.3. The predicted octanol–water partition coefficient (Wildman–Crippen LogP) is 2.28. The first-order chi connectivity index (χ1) is 10.7. The number of aromatic nitrogens is 2. The van der Waals surface area contributed by atoms with Crippen molar-refractivity contribution in [2.75, 3.05) is 19.6 Å². The molecular formula is C14H15ClN4O2S. The molecule has 3 aliphatic rings. The molecular weight excluding hydrogens is 324 g/mol. The Balaban J connectivity index is 1.46. The van der Waals surface area contributed by atoms with Gasteiger partial charge in [0.25, 0.3) is 11.8 Å². The van der Waals surface area contributed by atoms with Crippen LogP contribution in [0.5, 0.6) is 0 Å². The number of thiophene rings is 1. The van der Waals surface area contributed by atoms with Crippen LogP contribution in [0, 0.1) is 5.92 Å². The number of rotatable bonds is 3. The number of halogens is 1. The molecule has 3 aliphatic heterocycles. The quantitative estimate of drug-likeness (QED) is 0.929. The van der Waals surface area contributed by atoms with E-state index in [-0.39, 0.29) is 17.3 Å². The van der Waals surface area contributed by atoms with Crippen molar-refractivity contribution in [1.82, 2.24) is 20.4 Å². The molecule has 0 radical (unpaired) electrons. The van der Waals surface area contributed by atoms with Gasteiger partial charge in [-0.1, -0.05) is 5.10 Å². The van der Waals surface area contributed by atoms with Gasteiger partial charge in [-0.05, 0) is 55.6 Å². The summed E-state index contributed by atoms with van der Waals surface area (Å²) < 4.78 is 5.17. The number of carbonyl (C=O) groups is 1. The van der Waals surface area contributed by atoms with E-state index < -0.39 is 0 Å². The van der Waals surface area contributed by atoms with Crippen LogP contribution in [-0.4, -0.2) is 46.7 Å². The predicted molar refractivity (Wildman–Crippen MR) is 83.0 cm³/mol. The van der Waals surface area contributed by atoms with E-state index in [2.05, 4.69) is 20.4 Å². The van der Waals surface area contributed by atoms with Crippen LogP contribution in [0.4, 0.5) is 0 Å². The molecule has 3 saturated heterocycles. The van der Waals surface area contributed by atoms with E-state index in [0.29, 0.717) is 16.7 Å². The van der Waals surface area contributed by atoms with Gasteiger partial charge in [-0.2, -0.15) is 0 Å². The van der Waals surface area contributed by atoms with Gasteiger partial charge in [0.15, 0.2) is 0 Å². The largest absolute Gasteiger partial charge is 0.407 e. The molecule has 2 aromatic heterocycles. The molecule has 0 spiro atoms. The maximum absolute atomic E-state index is 12.4. The van der Waals surface area contributed by atoms with Crippen molar-refractivity contribution in [3.63, 3.8) is 0 Å². The van der Waals surface area contributed by atoms with Crippen molar-refractivity contribution >= 4 is 28.8 Å². The van der Waals surface area contributed by atoms with Crippen molar-refractivity contribution < 1.29 is 9.21 Å². The molecule has 6 nitrogen and oxygen atoms in total. The molecule has 116 valence electrons. The molecule has 3 fully saturated rings. The molecule has 8 heteroatoms. The maximum Gasteiger partial charge on any atom is 0.313 e. The van der Waals surface area contributed by atoms with Gasteiger partial charge in [-0.15, -0.1) is 16.4 Å². The Bertz CT molecular complexity index is 693. The van der Waals surface area contributed by atoms with Crippen LogP contribution in [0.2, 0.25) is 5.35 Å². The van der Waals surface area contributed by atoms with Crippen LogP contribution in [0.3, 0.4) is 0 Å². The van der Waals surface area contributed by atoms with Crippen LogP contribution in [-0.2, 0) is 0 Å². The zero-order chi connectivity index (χ0) is 15.1. The number of carbonyl (C=O) groups excluding carboxylic acids is 1. The van der Waals surface area contributed by atoms with Crippen LogP contribution in [0.15, 0.2) is 16.5 Å². The summed E-state index contributed by atoms with van der Waals surface area (Å²) in [6.07, 6.45) is 2.36. The minimum absolute atomic E-state index is 0.00156. The summed E-state index contributed by atoms with van der Waals surface area (Å²) in [5.74, 6) is 0.931. The highest BCUT2D eigenvalue weighted by atomic mass is 35.5. The molecule has 22 heavy (non-hydrogen) atoms. The van der Waals surface area contributed by atoms with Gasteiger partial charge in [0, 0.05) is 12.6 Å². The molecule has 5 heterocycles. The van der Waals surface area contributed by atoms with Gasteiger partial charge < -0.3 is 14.6 Å². The fourth-order valence-electron chi connectivity index (χ4n) is 3.25. The smallest absolute Gasteiger partial charge is 0.313 e. The molecule has 1 atom stereocenters. The van der Waals surface area contributed by atoms with E-state index in [4.69, 9.17) is 16.0 Å². The highest BCUT2D eigenvalue weighted by Crippen LogP contribution is 2.30. The van der Waals surface area contributed by atoms with Crippen molar-refractivity contribution in [2.24, 2.45) is 5.92 Å². The van der Waals surface area contributed by atoms with Crippen LogP contribution in [0.25, 0.3) is 10.8 Å². The molecule has 0 aliphatic carbocycles. The third kappa shape index (κ3) is 2.64. The topological polar surface area (TPSA) is 71.3 Å². The lowest BCUT2D eigenvalue weighted by atomic mass is 9.84. The third-order valence-electron chi connectivity index (χ3n) is 4.41. The van der Waals surface area contributed by atoms with E-state index in [1.54, 1.807) is 12.1 Å². The standard InChI is InChI=1S/C14H15ClN4O2S/c15-14-18-17-13(21-14)11-2-1-10(22-11)12(20)16-9-7-19-5-3-8(9)4-6-19/h1-2,8-9H,3-7H2,(H,16,20). The van der Waals surface area contributed by atoms with Gasteiger partial charge in [0.05, 0.1) is 9.75 Å². The molecule has 0 saturated carbocycles. The average molecular weight is 339 g/mol. The minimum Gasteiger partial charge on any atom is -0.407 e. The lowest BCUT2D eigenvalue weighted by Crippen LogP contribution is -2.57. The number of nitrogens with zero attached hydrogens (tertiary/aromatic N) is 3. The first-order valence-electron chi connectivity index (χ1n) is 7.31. The Kier molecular flexibility index (Phi) is 3.63. The first-order valence-corrected chi connectivity index (χ1v) is 8.51. The van der Waals surface area contributed by atoms with Crippen molar-refractivity contribution in [1.29, 1.82) is 0 Å². The van der Waals surface area contributed by atoms with Crippen molar-refractivity contribution in [2.45, 2.75) is 18.9 Å². The summed E-state index contributed by atoms with van der Waals surface area (Å²) in [5.41, 5.74) is 0. The summed E-state index contributed by atoms with van der Waals surface area (Å²) in [7, 11) is 0. The second-order valence-electron chi connectivity index (χ2n) is 5.74. The molecule has 5 rings (SSSR count).